The van der Waals surface area contributed by atoms with Gasteiger partial charge in [0.2, 0.25) is 0 Å². The van der Waals surface area contributed by atoms with E-state index in [9.17, 15) is 9.90 Å². The molecule has 0 saturated heterocycles. The second kappa shape index (κ2) is 8.31. The molecule has 0 saturated carbocycles. The molecular weight excluding hydrogens is 360 g/mol. The predicted octanol–water partition coefficient (Wildman–Crippen LogP) is 3.61. The van der Waals surface area contributed by atoms with Crippen molar-refractivity contribution < 1.29 is 14.5 Å². The van der Waals surface area contributed by atoms with Crippen molar-refractivity contribution in [2.24, 2.45) is 0 Å². The van der Waals surface area contributed by atoms with Gasteiger partial charge in [-0.25, -0.2) is 0 Å². The zero-order valence-electron chi connectivity index (χ0n) is 15.6. The van der Waals surface area contributed by atoms with E-state index in [1.807, 2.05) is 36.4 Å². The number of nitrogens with zero attached hydrogens (tertiary/aromatic N) is 2. The molecule has 2 heterocycles. The van der Waals surface area contributed by atoms with E-state index in [4.69, 9.17) is 0 Å². The Morgan fingerprint density at radius 2 is 1.21 bits per heavy atom. The van der Waals surface area contributed by atoms with E-state index in [1.54, 1.807) is 77.9 Å². The molecule has 0 atom stereocenters. The summed E-state index contributed by atoms with van der Waals surface area (Å²) in [7, 11) is 0. The van der Waals surface area contributed by atoms with Crippen LogP contribution in [0, 0.1) is 0 Å². The van der Waals surface area contributed by atoms with Gasteiger partial charge >= 0.3 is 0 Å². The third-order valence-electron chi connectivity index (χ3n) is 4.60. The number of ketones is 1. The molecule has 0 aliphatic heterocycles. The van der Waals surface area contributed by atoms with Gasteiger partial charge in [-0.2, -0.15) is 4.57 Å². The largest absolute Gasteiger partial charge is 0.867 e. The minimum Gasteiger partial charge on any atom is -0.867 e. The molecule has 4 aromatic rings. The number of aromatic nitrogens is 2. The Kier molecular flexibility index (Phi) is 5.25. The topological polar surface area (TPSA) is 56.9 Å². The second-order valence-corrected chi connectivity index (χ2v) is 6.47. The van der Waals surface area contributed by atoms with Gasteiger partial charge in [0, 0.05) is 30.1 Å². The van der Waals surface area contributed by atoms with Crippen molar-refractivity contribution in [2.45, 2.75) is 0 Å². The van der Waals surface area contributed by atoms with Gasteiger partial charge in [-0.1, -0.05) is 60.7 Å². The Bertz CT molecular complexity index is 1140. The number of carbonyl (C=O) groups is 1. The van der Waals surface area contributed by atoms with E-state index in [0.29, 0.717) is 11.1 Å². The average molecular weight is 378 g/mol. The summed E-state index contributed by atoms with van der Waals surface area (Å²) in [5.74, 6) is -0.637. The van der Waals surface area contributed by atoms with E-state index < -0.39 is 0 Å². The quantitative estimate of drug-likeness (QED) is 0.231. The Morgan fingerprint density at radius 3 is 1.79 bits per heavy atom. The normalized spacial score (nSPS) is 11.6. The lowest BCUT2D eigenvalue weighted by Crippen LogP contribution is -2.38. The van der Waals surface area contributed by atoms with Gasteiger partial charge in [-0.3, -0.25) is 9.78 Å². The first kappa shape index (κ1) is 18.3. The monoisotopic (exact) mass is 378 g/mol. The fourth-order valence-corrected chi connectivity index (χ4v) is 3.10. The third kappa shape index (κ3) is 3.96. The summed E-state index contributed by atoms with van der Waals surface area (Å²) >= 11 is 0. The maximum absolute atomic E-state index is 13.2. The standard InChI is InChI=1S/C25H18N2O2/c28-24(21-7-3-1-4-8-21)23(25(29)22-9-5-2-6-10-22)27-17-13-20(14-18-27)19-11-15-26-16-12-19/h1-18H. The summed E-state index contributed by atoms with van der Waals surface area (Å²) in [6, 6.07) is 25.3. The van der Waals surface area contributed by atoms with E-state index >= 15 is 0 Å². The minimum absolute atomic E-state index is 0.0867. The molecule has 140 valence electrons. The third-order valence-corrected chi connectivity index (χ3v) is 4.60. The van der Waals surface area contributed by atoms with Crippen molar-refractivity contribution in [1.82, 2.24) is 4.98 Å². The molecule has 0 aliphatic carbocycles. The van der Waals surface area contributed by atoms with Crippen molar-refractivity contribution in [3.8, 4) is 11.1 Å². The number of hydrogen-bond donors (Lipinski definition) is 0. The first-order chi connectivity index (χ1) is 14.2. The summed E-state index contributed by atoms with van der Waals surface area (Å²) in [6.45, 7) is 0. The van der Waals surface area contributed by atoms with Gasteiger partial charge in [0.1, 0.15) is 0 Å². The highest BCUT2D eigenvalue weighted by Gasteiger charge is 2.23. The van der Waals surface area contributed by atoms with Crippen LogP contribution in [0.1, 0.15) is 15.9 Å². The van der Waals surface area contributed by atoms with E-state index in [2.05, 4.69) is 4.98 Å². The van der Waals surface area contributed by atoms with Gasteiger partial charge in [-0.15, -0.1) is 0 Å². The summed E-state index contributed by atoms with van der Waals surface area (Å²) in [5.41, 5.74) is 3.01. The highest BCUT2D eigenvalue weighted by Crippen LogP contribution is 2.20. The molecule has 4 nitrogen and oxygen atoms in total. The van der Waals surface area contributed by atoms with Crippen molar-refractivity contribution in [2.75, 3.05) is 0 Å². The smallest absolute Gasteiger partial charge is 0.256 e. The van der Waals surface area contributed by atoms with Crippen molar-refractivity contribution in [1.29, 1.82) is 0 Å². The molecule has 4 rings (SSSR count). The number of Topliss-reactive ketones (excluding diaryl/α,β-unsaturated/α-hetero) is 1. The van der Waals surface area contributed by atoms with Crippen LogP contribution in [0.25, 0.3) is 22.6 Å². The van der Waals surface area contributed by atoms with Crippen LogP contribution in [0.2, 0.25) is 0 Å². The number of benzene rings is 2. The molecule has 2 aromatic heterocycles. The van der Waals surface area contributed by atoms with Crippen LogP contribution in [0.15, 0.2) is 110 Å². The van der Waals surface area contributed by atoms with E-state index in [0.717, 1.165) is 11.1 Å². The first-order valence-corrected chi connectivity index (χ1v) is 9.22. The summed E-state index contributed by atoms with van der Waals surface area (Å²) in [4.78, 5) is 17.3. The van der Waals surface area contributed by atoms with Gasteiger partial charge in [-0.05, 0) is 34.6 Å². The van der Waals surface area contributed by atoms with Crippen molar-refractivity contribution in [3.05, 3.63) is 121 Å². The first-order valence-electron chi connectivity index (χ1n) is 9.22. The van der Waals surface area contributed by atoms with Gasteiger partial charge in [0.05, 0.1) is 0 Å². The number of hydrogen-bond acceptors (Lipinski definition) is 3. The van der Waals surface area contributed by atoms with Crippen LogP contribution in [0.5, 0.6) is 0 Å². The van der Waals surface area contributed by atoms with Gasteiger partial charge in [0.25, 0.3) is 11.5 Å². The van der Waals surface area contributed by atoms with Crippen LogP contribution >= 0.6 is 0 Å². The maximum atomic E-state index is 13.2. The maximum Gasteiger partial charge on any atom is 0.256 e. The average Bonchev–Trinajstić information content (AvgIpc) is 2.81. The van der Waals surface area contributed by atoms with Gasteiger partial charge < -0.3 is 5.11 Å². The van der Waals surface area contributed by atoms with Gasteiger partial charge in [0.15, 0.2) is 12.4 Å². The number of pyridine rings is 2. The molecule has 0 spiro atoms. The molecule has 0 unspecified atom stereocenters. The SMILES string of the molecule is O=C(/C(=C(/[O-])c1ccccc1)[n+]1ccc(-c2ccncc2)cc1)c1ccccc1. The molecule has 29 heavy (non-hydrogen) atoms. The second-order valence-electron chi connectivity index (χ2n) is 6.47. The highest BCUT2D eigenvalue weighted by molar-refractivity contribution is 6.26. The van der Waals surface area contributed by atoms with Crippen LogP contribution in [0.4, 0.5) is 0 Å². The fourth-order valence-electron chi connectivity index (χ4n) is 3.10. The Hall–Kier alpha value is -4.05. The Labute approximate surface area is 169 Å². The van der Waals surface area contributed by atoms with Crippen molar-refractivity contribution >= 4 is 17.2 Å². The number of rotatable bonds is 5. The zero-order valence-corrected chi connectivity index (χ0v) is 15.6. The van der Waals surface area contributed by atoms with Crippen LogP contribution in [0.3, 0.4) is 0 Å². The summed E-state index contributed by atoms with van der Waals surface area (Å²) in [6.07, 6.45) is 6.94. The molecule has 0 amide bonds. The lowest BCUT2D eigenvalue weighted by atomic mass is 10.0. The molecule has 4 heteroatoms. The number of allylic oxidation sites excluding steroid dienone is 1. The number of carbonyl (C=O) groups excluding carboxylic acids is 1. The molecule has 0 radical (unpaired) electrons. The lowest BCUT2D eigenvalue weighted by Gasteiger charge is -2.15. The predicted molar refractivity (Wildman–Crippen MR) is 110 cm³/mol. The molecule has 2 aromatic carbocycles. The van der Waals surface area contributed by atoms with Crippen LogP contribution < -0.4 is 9.67 Å². The Balaban J connectivity index is 1.82. The zero-order chi connectivity index (χ0) is 20.1. The van der Waals surface area contributed by atoms with Crippen LogP contribution in [-0.4, -0.2) is 10.8 Å². The molecular formula is C25H18N2O2. The van der Waals surface area contributed by atoms with E-state index in [-0.39, 0.29) is 17.2 Å². The minimum atomic E-state index is -0.318. The lowest BCUT2D eigenvalue weighted by molar-refractivity contribution is -0.578. The molecule has 0 aliphatic rings. The van der Waals surface area contributed by atoms with E-state index in [1.165, 1.54) is 0 Å². The molecule has 0 fully saturated rings. The van der Waals surface area contributed by atoms with Crippen molar-refractivity contribution in [3.63, 3.8) is 0 Å². The summed E-state index contributed by atoms with van der Waals surface area (Å²) < 4.78 is 1.59. The fraction of sp³-hybridized carbons (Fsp3) is 0. The highest BCUT2D eigenvalue weighted by atomic mass is 16.3. The van der Waals surface area contributed by atoms with Crippen LogP contribution in [-0.2, 0) is 0 Å². The molecule has 0 bridgehead atoms. The Morgan fingerprint density at radius 1 is 0.690 bits per heavy atom. The molecule has 0 N–H and O–H groups in total. The summed E-state index contributed by atoms with van der Waals surface area (Å²) in [5, 5.41) is 13.2.